The minimum absolute atomic E-state index is 0.0292. The van der Waals surface area contributed by atoms with E-state index in [2.05, 4.69) is 15.6 Å². The lowest BCUT2D eigenvalue weighted by Gasteiger charge is -2.24. The lowest BCUT2D eigenvalue weighted by Crippen LogP contribution is -2.45. The van der Waals surface area contributed by atoms with E-state index in [4.69, 9.17) is 5.11 Å². The summed E-state index contributed by atoms with van der Waals surface area (Å²) >= 11 is 0. The van der Waals surface area contributed by atoms with Crippen molar-refractivity contribution in [2.45, 2.75) is 38.6 Å². The van der Waals surface area contributed by atoms with Crippen molar-refractivity contribution in [3.63, 3.8) is 0 Å². The highest BCUT2D eigenvalue weighted by molar-refractivity contribution is 5.99. The summed E-state index contributed by atoms with van der Waals surface area (Å²) in [7, 11) is 0. The van der Waals surface area contributed by atoms with E-state index < -0.39 is 18.0 Å². The average Bonchev–Trinajstić information content (AvgIpc) is 3.35. The predicted octanol–water partition coefficient (Wildman–Crippen LogP) is 5.34. The van der Waals surface area contributed by atoms with Crippen LogP contribution in [-0.2, 0) is 4.79 Å². The van der Waals surface area contributed by atoms with Crippen molar-refractivity contribution in [1.29, 1.82) is 0 Å². The summed E-state index contributed by atoms with van der Waals surface area (Å²) in [6, 6.07) is 13.3. The van der Waals surface area contributed by atoms with Gasteiger partial charge in [0.25, 0.3) is 0 Å². The quantitative estimate of drug-likeness (QED) is 0.432. The Morgan fingerprint density at radius 3 is 2.36 bits per heavy atom. The fourth-order valence-electron chi connectivity index (χ4n) is 4.20. The number of carboxylic acids is 1. The third-order valence-electron chi connectivity index (χ3n) is 6.17. The number of aromatic nitrogens is 1. The van der Waals surface area contributed by atoms with Crippen molar-refractivity contribution in [3.8, 4) is 11.1 Å². The standard InChI is InChI=1S/C27H27FN4O4/c1-16(2)21-11-10-20(14-22(21)28)30-27(36)32-13-3-4-23(32)25(33)31-24-12-9-19(15-29-24)17-5-7-18(8-6-17)26(34)35/h5-12,14-16,23H,3-4,13H2,1-2H3,(H,30,36)(H,34,35)(H,29,31,33)/t23-/m1/s1. The lowest BCUT2D eigenvalue weighted by molar-refractivity contribution is -0.119. The topological polar surface area (TPSA) is 112 Å². The van der Waals surface area contributed by atoms with E-state index in [0.717, 1.165) is 11.1 Å². The van der Waals surface area contributed by atoms with Gasteiger partial charge in [0.2, 0.25) is 5.91 Å². The molecule has 3 aromatic rings. The van der Waals surface area contributed by atoms with Gasteiger partial charge >= 0.3 is 12.0 Å². The molecule has 1 aliphatic rings. The molecule has 1 atom stereocenters. The van der Waals surface area contributed by atoms with Crippen molar-refractivity contribution in [3.05, 3.63) is 77.7 Å². The number of halogens is 1. The number of aromatic carboxylic acids is 1. The molecule has 1 aromatic heterocycles. The molecule has 1 saturated heterocycles. The first-order valence-electron chi connectivity index (χ1n) is 11.7. The summed E-state index contributed by atoms with van der Waals surface area (Å²) in [4.78, 5) is 42.5. The Kier molecular flexibility index (Phi) is 7.28. The molecule has 1 fully saturated rings. The fraction of sp³-hybridized carbons (Fsp3) is 0.259. The number of rotatable bonds is 6. The number of likely N-dealkylation sites (tertiary alicyclic amines) is 1. The number of benzene rings is 2. The number of hydrogen-bond donors (Lipinski definition) is 3. The molecule has 0 radical (unpaired) electrons. The molecule has 186 valence electrons. The first-order chi connectivity index (χ1) is 17.2. The highest BCUT2D eigenvalue weighted by Crippen LogP contribution is 2.25. The van der Waals surface area contributed by atoms with Crippen LogP contribution in [0.5, 0.6) is 0 Å². The van der Waals surface area contributed by atoms with Crippen LogP contribution in [0.2, 0.25) is 0 Å². The monoisotopic (exact) mass is 490 g/mol. The largest absolute Gasteiger partial charge is 0.478 e. The van der Waals surface area contributed by atoms with Crippen molar-refractivity contribution in [2.75, 3.05) is 17.2 Å². The zero-order valence-electron chi connectivity index (χ0n) is 20.0. The number of pyridine rings is 1. The maximum Gasteiger partial charge on any atom is 0.335 e. The molecular weight excluding hydrogens is 463 g/mol. The predicted molar refractivity (Wildman–Crippen MR) is 134 cm³/mol. The first-order valence-corrected chi connectivity index (χ1v) is 11.7. The van der Waals surface area contributed by atoms with Crippen LogP contribution in [0.1, 0.15) is 48.5 Å². The number of hydrogen-bond acceptors (Lipinski definition) is 4. The number of carbonyl (C=O) groups excluding carboxylic acids is 2. The van der Waals surface area contributed by atoms with Crippen molar-refractivity contribution in [1.82, 2.24) is 9.88 Å². The Labute approximate surface area is 208 Å². The van der Waals surface area contributed by atoms with Crippen molar-refractivity contribution >= 4 is 29.4 Å². The van der Waals surface area contributed by atoms with Gasteiger partial charge in [-0.15, -0.1) is 0 Å². The van der Waals surface area contributed by atoms with Crippen molar-refractivity contribution < 1.29 is 23.9 Å². The zero-order chi connectivity index (χ0) is 25.8. The number of anilines is 2. The van der Waals surface area contributed by atoms with Crippen LogP contribution < -0.4 is 10.6 Å². The van der Waals surface area contributed by atoms with Gasteiger partial charge in [-0.3, -0.25) is 4.79 Å². The van der Waals surface area contributed by atoms with Crippen LogP contribution in [0.4, 0.5) is 20.7 Å². The SMILES string of the molecule is CC(C)c1ccc(NC(=O)N2CCC[C@@H]2C(=O)Nc2ccc(-c3ccc(C(=O)O)cc3)cn2)cc1F. The molecule has 9 heteroatoms. The van der Waals surface area contributed by atoms with Gasteiger partial charge < -0.3 is 20.6 Å². The van der Waals surface area contributed by atoms with Crippen LogP contribution in [0.15, 0.2) is 60.8 Å². The third kappa shape index (κ3) is 5.51. The van der Waals surface area contributed by atoms with E-state index in [9.17, 15) is 18.8 Å². The Bertz CT molecular complexity index is 1280. The van der Waals surface area contributed by atoms with Gasteiger partial charge in [0.1, 0.15) is 17.7 Å². The molecule has 36 heavy (non-hydrogen) atoms. The molecule has 2 aromatic carbocycles. The van der Waals surface area contributed by atoms with Gasteiger partial charge in [0.05, 0.1) is 5.56 Å². The van der Waals surface area contributed by atoms with Crippen LogP contribution in [0.25, 0.3) is 11.1 Å². The Balaban J connectivity index is 1.39. The molecule has 8 nitrogen and oxygen atoms in total. The van der Waals surface area contributed by atoms with Gasteiger partial charge in [0.15, 0.2) is 0 Å². The van der Waals surface area contributed by atoms with Crippen molar-refractivity contribution in [2.24, 2.45) is 0 Å². The summed E-state index contributed by atoms with van der Waals surface area (Å²) in [6.07, 6.45) is 2.76. The number of nitrogens with zero attached hydrogens (tertiary/aromatic N) is 2. The number of amides is 3. The highest BCUT2D eigenvalue weighted by Gasteiger charge is 2.34. The van der Waals surface area contributed by atoms with E-state index in [-0.39, 0.29) is 23.2 Å². The Morgan fingerprint density at radius 1 is 1.03 bits per heavy atom. The van der Waals surface area contributed by atoms with Gasteiger partial charge in [-0.05, 0) is 66.3 Å². The highest BCUT2D eigenvalue weighted by atomic mass is 19.1. The molecule has 0 aliphatic carbocycles. The molecule has 3 N–H and O–H groups in total. The van der Waals surface area contributed by atoms with E-state index in [0.29, 0.717) is 36.5 Å². The normalized spacial score (nSPS) is 15.1. The molecule has 2 heterocycles. The molecule has 0 spiro atoms. The van der Waals surface area contributed by atoms with E-state index in [1.165, 1.54) is 23.1 Å². The summed E-state index contributed by atoms with van der Waals surface area (Å²) in [6.45, 7) is 4.20. The Hall–Kier alpha value is -4.27. The van der Waals surface area contributed by atoms with Gasteiger partial charge in [-0.2, -0.15) is 0 Å². The first kappa shape index (κ1) is 24.8. The van der Waals surface area contributed by atoms with E-state index >= 15 is 0 Å². The van der Waals surface area contributed by atoms with Crippen LogP contribution in [-0.4, -0.2) is 45.5 Å². The second-order valence-electron chi connectivity index (χ2n) is 8.98. The van der Waals surface area contributed by atoms with E-state index in [1.807, 2.05) is 13.8 Å². The second-order valence-corrected chi connectivity index (χ2v) is 8.98. The minimum Gasteiger partial charge on any atom is -0.478 e. The van der Waals surface area contributed by atoms with Gasteiger partial charge in [-0.25, -0.2) is 19.0 Å². The number of carbonyl (C=O) groups is 3. The smallest absolute Gasteiger partial charge is 0.335 e. The molecule has 0 bridgehead atoms. The summed E-state index contributed by atoms with van der Waals surface area (Å²) < 4.78 is 14.3. The minimum atomic E-state index is -0.997. The molecular formula is C27H27FN4O4. The zero-order valence-corrected chi connectivity index (χ0v) is 20.0. The maximum atomic E-state index is 14.3. The summed E-state index contributed by atoms with van der Waals surface area (Å²) in [5.74, 6) is -1.37. The maximum absolute atomic E-state index is 14.3. The number of nitrogens with one attached hydrogen (secondary N) is 2. The molecule has 1 aliphatic heterocycles. The summed E-state index contributed by atoms with van der Waals surface area (Å²) in [5, 5.41) is 14.5. The molecule has 4 rings (SSSR count). The van der Waals surface area contributed by atoms with Gasteiger partial charge in [0, 0.05) is 24.0 Å². The average molecular weight is 491 g/mol. The van der Waals surface area contributed by atoms with Crippen LogP contribution in [0.3, 0.4) is 0 Å². The fourth-order valence-corrected chi connectivity index (χ4v) is 4.20. The van der Waals surface area contributed by atoms with E-state index in [1.54, 1.807) is 42.6 Å². The summed E-state index contributed by atoms with van der Waals surface area (Å²) in [5.41, 5.74) is 2.66. The Morgan fingerprint density at radius 2 is 1.75 bits per heavy atom. The number of carboxylic acid groups (broad SMARTS) is 1. The second kappa shape index (κ2) is 10.6. The molecule has 0 unspecified atom stereocenters. The third-order valence-corrected chi connectivity index (χ3v) is 6.17. The number of urea groups is 1. The van der Waals surface area contributed by atoms with Crippen LogP contribution in [0, 0.1) is 5.82 Å². The van der Waals surface area contributed by atoms with Crippen LogP contribution >= 0.6 is 0 Å². The van der Waals surface area contributed by atoms with Gasteiger partial charge in [-0.1, -0.05) is 32.0 Å². The lowest BCUT2D eigenvalue weighted by atomic mass is 10.0. The molecule has 0 saturated carbocycles. The molecule has 3 amide bonds.